The first-order valence-corrected chi connectivity index (χ1v) is 14.0. The van der Waals surface area contributed by atoms with E-state index in [4.69, 9.17) is 9.47 Å². The fourth-order valence-corrected chi connectivity index (χ4v) is 5.19. The van der Waals surface area contributed by atoms with Gasteiger partial charge in [0.1, 0.15) is 18.0 Å². The van der Waals surface area contributed by atoms with E-state index < -0.39 is 5.91 Å². The van der Waals surface area contributed by atoms with E-state index in [0.717, 1.165) is 26.7 Å². The van der Waals surface area contributed by atoms with E-state index in [1.165, 1.54) is 28.4 Å². The fourth-order valence-electron chi connectivity index (χ4n) is 4.02. The summed E-state index contributed by atoms with van der Waals surface area (Å²) in [5, 5.41) is 6.46. The number of methoxy groups -OCH3 is 1. The van der Waals surface area contributed by atoms with Crippen LogP contribution in [0.25, 0.3) is 21.3 Å². The third-order valence-corrected chi connectivity index (χ3v) is 7.55. The normalized spacial score (nSPS) is 11.2. The zero-order valence-corrected chi connectivity index (χ0v) is 24.2. The largest absolute Gasteiger partial charge is 0.493 e. The van der Waals surface area contributed by atoms with E-state index in [1.807, 2.05) is 60.8 Å². The summed E-state index contributed by atoms with van der Waals surface area (Å²) in [5.74, 6) is 0.679. The van der Waals surface area contributed by atoms with Gasteiger partial charge in [0.25, 0.3) is 11.5 Å². The van der Waals surface area contributed by atoms with Crippen molar-refractivity contribution in [1.29, 1.82) is 0 Å². The standard InChI is InChI=1S/C30H25BrN4O4S/c1-19-3-8-22(9-4-19)24-17-40-29-28(24)30(37)35(18-32-29)15-27(36)34-33-14-21-7-12-25(26(13-21)38-2)39-16-20-5-10-23(31)11-6-20/h3-14,17-18H,15-16H2,1-2H3,(H,34,36). The van der Waals surface area contributed by atoms with E-state index >= 15 is 0 Å². The number of hydrogen-bond donors (Lipinski definition) is 1. The van der Waals surface area contributed by atoms with Gasteiger partial charge >= 0.3 is 0 Å². The molecule has 0 fully saturated rings. The summed E-state index contributed by atoms with van der Waals surface area (Å²) >= 11 is 4.83. The molecule has 40 heavy (non-hydrogen) atoms. The second kappa shape index (κ2) is 12.3. The van der Waals surface area contributed by atoms with Crippen molar-refractivity contribution in [2.75, 3.05) is 7.11 Å². The molecule has 5 rings (SSSR count). The lowest BCUT2D eigenvalue weighted by Gasteiger charge is -2.11. The third-order valence-electron chi connectivity index (χ3n) is 6.14. The number of nitrogens with one attached hydrogen (secondary N) is 1. The molecule has 5 aromatic rings. The predicted molar refractivity (Wildman–Crippen MR) is 161 cm³/mol. The number of aryl methyl sites for hydroxylation is 1. The highest BCUT2D eigenvalue weighted by Crippen LogP contribution is 2.31. The Morgan fingerprint density at radius 2 is 1.88 bits per heavy atom. The summed E-state index contributed by atoms with van der Waals surface area (Å²) in [7, 11) is 1.56. The van der Waals surface area contributed by atoms with Gasteiger partial charge in [0.05, 0.1) is 25.0 Å². The van der Waals surface area contributed by atoms with Crippen molar-refractivity contribution >= 4 is 49.6 Å². The van der Waals surface area contributed by atoms with Crippen molar-refractivity contribution in [2.45, 2.75) is 20.1 Å². The SMILES string of the molecule is COc1cc(C=NNC(=O)Cn2cnc3scc(-c4ccc(C)cc4)c3c2=O)ccc1OCc1ccc(Br)cc1. The van der Waals surface area contributed by atoms with Crippen molar-refractivity contribution in [3.8, 4) is 22.6 Å². The summed E-state index contributed by atoms with van der Waals surface area (Å²) < 4.78 is 13.7. The van der Waals surface area contributed by atoms with Crippen LogP contribution in [0.5, 0.6) is 11.5 Å². The molecule has 0 aliphatic carbocycles. The molecule has 0 saturated carbocycles. The first-order chi connectivity index (χ1) is 19.4. The third kappa shape index (κ3) is 6.30. The maximum atomic E-state index is 13.2. The molecular weight excluding hydrogens is 592 g/mol. The number of aromatic nitrogens is 2. The van der Waals surface area contributed by atoms with Crippen LogP contribution < -0.4 is 20.5 Å². The number of ether oxygens (including phenoxy) is 2. The van der Waals surface area contributed by atoms with Gasteiger partial charge in [-0.3, -0.25) is 14.2 Å². The van der Waals surface area contributed by atoms with Crippen LogP contribution in [-0.2, 0) is 17.9 Å². The minimum atomic E-state index is -0.451. The van der Waals surface area contributed by atoms with Gasteiger partial charge in [-0.25, -0.2) is 10.4 Å². The molecule has 0 atom stereocenters. The molecule has 0 saturated heterocycles. The number of nitrogens with zero attached hydrogens (tertiary/aromatic N) is 3. The Hall–Kier alpha value is -4.28. The minimum Gasteiger partial charge on any atom is -0.493 e. The summed E-state index contributed by atoms with van der Waals surface area (Å²) in [6.07, 6.45) is 2.89. The Labute approximate surface area is 243 Å². The number of rotatable bonds is 9. The molecule has 0 unspecified atom stereocenters. The maximum absolute atomic E-state index is 13.2. The number of benzene rings is 3. The van der Waals surface area contributed by atoms with E-state index in [9.17, 15) is 9.59 Å². The number of thiophene rings is 1. The number of fused-ring (bicyclic) bond motifs is 1. The Kier molecular flexibility index (Phi) is 8.37. The molecule has 0 radical (unpaired) electrons. The minimum absolute atomic E-state index is 0.214. The molecule has 0 bridgehead atoms. The maximum Gasteiger partial charge on any atom is 0.263 e. The summed E-state index contributed by atoms with van der Waals surface area (Å²) in [6.45, 7) is 2.19. The van der Waals surface area contributed by atoms with Crippen molar-refractivity contribution in [3.05, 3.63) is 110 Å². The summed E-state index contributed by atoms with van der Waals surface area (Å²) in [6, 6.07) is 21.2. The highest BCUT2D eigenvalue weighted by molar-refractivity contribution is 9.10. The van der Waals surface area contributed by atoms with E-state index in [1.54, 1.807) is 25.3 Å². The zero-order valence-electron chi connectivity index (χ0n) is 21.8. The smallest absolute Gasteiger partial charge is 0.263 e. The topological polar surface area (TPSA) is 94.8 Å². The highest BCUT2D eigenvalue weighted by Gasteiger charge is 2.15. The highest BCUT2D eigenvalue weighted by atomic mass is 79.9. The molecule has 0 aliphatic heterocycles. The molecule has 3 aromatic carbocycles. The molecule has 0 spiro atoms. The Morgan fingerprint density at radius 1 is 1.10 bits per heavy atom. The molecule has 10 heteroatoms. The van der Waals surface area contributed by atoms with Gasteiger partial charge in [-0.1, -0.05) is 57.9 Å². The van der Waals surface area contributed by atoms with Crippen LogP contribution in [0, 0.1) is 6.92 Å². The first kappa shape index (κ1) is 27.3. The molecule has 1 N–H and O–H groups in total. The number of hydrogen-bond acceptors (Lipinski definition) is 7. The van der Waals surface area contributed by atoms with Gasteiger partial charge in [-0.15, -0.1) is 11.3 Å². The van der Waals surface area contributed by atoms with E-state index in [-0.39, 0.29) is 12.1 Å². The number of halogens is 1. The predicted octanol–water partition coefficient (Wildman–Crippen LogP) is 5.93. The van der Waals surface area contributed by atoms with Crippen LogP contribution in [0.4, 0.5) is 0 Å². The van der Waals surface area contributed by atoms with Gasteiger partial charge in [0, 0.05) is 15.4 Å². The van der Waals surface area contributed by atoms with Crippen molar-refractivity contribution < 1.29 is 14.3 Å². The fraction of sp³-hybridized carbons (Fsp3) is 0.133. The van der Waals surface area contributed by atoms with Gasteiger partial charge in [0.2, 0.25) is 0 Å². The van der Waals surface area contributed by atoms with E-state index in [0.29, 0.717) is 33.9 Å². The second-order valence-corrected chi connectivity index (χ2v) is 10.8. The second-order valence-electron chi connectivity index (χ2n) is 8.99. The first-order valence-electron chi connectivity index (χ1n) is 12.3. The Bertz CT molecular complexity index is 1750. The molecule has 2 aromatic heterocycles. The average molecular weight is 618 g/mol. The van der Waals surface area contributed by atoms with Crippen molar-refractivity contribution in [3.63, 3.8) is 0 Å². The number of carbonyl (C=O) groups is 1. The Balaban J connectivity index is 1.24. The number of amides is 1. The van der Waals surface area contributed by atoms with Crippen LogP contribution in [0.3, 0.4) is 0 Å². The lowest BCUT2D eigenvalue weighted by molar-refractivity contribution is -0.121. The van der Waals surface area contributed by atoms with Crippen molar-refractivity contribution in [1.82, 2.24) is 15.0 Å². The number of carbonyl (C=O) groups excluding carboxylic acids is 1. The van der Waals surface area contributed by atoms with Crippen LogP contribution >= 0.6 is 27.3 Å². The molecule has 1 amide bonds. The quantitative estimate of drug-likeness (QED) is 0.163. The average Bonchev–Trinajstić information content (AvgIpc) is 3.40. The summed E-state index contributed by atoms with van der Waals surface area (Å²) in [4.78, 5) is 30.8. The van der Waals surface area contributed by atoms with Crippen LogP contribution in [0.15, 0.2) is 92.8 Å². The lowest BCUT2D eigenvalue weighted by Crippen LogP contribution is -2.30. The van der Waals surface area contributed by atoms with Gasteiger partial charge in [0.15, 0.2) is 11.5 Å². The van der Waals surface area contributed by atoms with Crippen molar-refractivity contribution in [2.24, 2.45) is 5.10 Å². The molecular formula is C30H25BrN4O4S. The van der Waals surface area contributed by atoms with Crippen LogP contribution in [-0.4, -0.2) is 28.8 Å². The van der Waals surface area contributed by atoms with Gasteiger partial charge < -0.3 is 9.47 Å². The van der Waals surface area contributed by atoms with Crippen LogP contribution in [0.2, 0.25) is 0 Å². The Morgan fingerprint density at radius 3 is 2.62 bits per heavy atom. The van der Waals surface area contributed by atoms with Gasteiger partial charge in [-0.05, 0) is 53.9 Å². The van der Waals surface area contributed by atoms with Gasteiger partial charge in [-0.2, -0.15) is 5.10 Å². The monoisotopic (exact) mass is 616 g/mol. The molecule has 2 heterocycles. The molecule has 0 aliphatic rings. The summed E-state index contributed by atoms with van der Waals surface area (Å²) in [5.41, 5.74) is 6.81. The molecule has 8 nitrogen and oxygen atoms in total. The van der Waals surface area contributed by atoms with E-state index in [2.05, 4.69) is 31.4 Å². The van der Waals surface area contributed by atoms with Crippen LogP contribution in [0.1, 0.15) is 16.7 Å². The molecule has 202 valence electrons. The number of hydrazone groups is 1. The lowest BCUT2D eigenvalue weighted by atomic mass is 10.1. The zero-order chi connectivity index (χ0) is 28.1.